The van der Waals surface area contributed by atoms with E-state index >= 15 is 0 Å². The highest BCUT2D eigenvalue weighted by molar-refractivity contribution is 9.10. The number of likely N-dealkylation sites (N-methyl/N-ethyl adjacent to an activating group) is 1. The maximum Gasteiger partial charge on any atom is 0.239 e. The maximum atomic E-state index is 13.6. The van der Waals surface area contributed by atoms with Gasteiger partial charge in [-0.15, -0.1) is 11.6 Å². The van der Waals surface area contributed by atoms with Crippen LogP contribution < -0.4 is 5.32 Å². The third kappa shape index (κ3) is 3.12. The fourth-order valence-corrected chi connectivity index (χ4v) is 2.52. The highest BCUT2D eigenvalue weighted by Gasteiger charge is 2.15. The minimum atomic E-state index is -0.377. The van der Waals surface area contributed by atoms with E-state index in [1.54, 1.807) is 10.6 Å². The summed E-state index contributed by atoms with van der Waals surface area (Å²) in [6, 6.07) is 2.99. The van der Waals surface area contributed by atoms with Crippen molar-refractivity contribution >= 4 is 44.5 Å². The lowest BCUT2D eigenvalue weighted by Crippen LogP contribution is -2.27. The van der Waals surface area contributed by atoms with Gasteiger partial charge in [-0.05, 0) is 28.9 Å². The van der Waals surface area contributed by atoms with Gasteiger partial charge in [0, 0.05) is 24.9 Å². The van der Waals surface area contributed by atoms with E-state index in [9.17, 15) is 9.18 Å². The van der Waals surface area contributed by atoms with Crippen molar-refractivity contribution in [2.75, 3.05) is 12.4 Å². The molecule has 1 N–H and O–H groups in total. The third-order valence-corrected chi connectivity index (χ3v) is 3.66. The Balaban J connectivity index is 2.50. The Bertz CT molecular complexity index is 644. The van der Waals surface area contributed by atoms with Crippen LogP contribution in [0.3, 0.4) is 0 Å². The van der Waals surface area contributed by atoms with Gasteiger partial charge >= 0.3 is 0 Å². The summed E-state index contributed by atoms with van der Waals surface area (Å²) in [4.78, 5) is 16.1. The number of nitrogens with one attached hydrogen (secondary N) is 1. The molecule has 1 aromatic heterocycles. The second-order valence-electron chi connectivity index (χ2n) is 4.26. The van der Waals surface area contributed by atoms with Crippen molar-refractivity contribution in [3.63, 3.8) is 0 Å². The van der Waals surface area contributed by atoms with Crippen LogP contribution in [0.2, 0.25) is 0 Å². The SMILES string of the molecule is CCNC(=O)Cn1c(CCCl)nc2cc(F)c(Br)cc21. The second kappa shape index (κ2) is 6.54. The fourth-order valence-electron chi connectivity index (χ4n) is 2.02. The molecule has 0 spiro atoms. The van der Waals surface area contributed by atoms with Gasteiger partial charge in [-0.3, -0.25) is 4.79 Å². The zero-order valence-electron chi connectivity index (χ0n) is 10.9. The van der Waals surface area contributed by atoms with Gasteiger partial charge < -0.3 is 9.88 Å². The van der Waals surface area contributed by atoms with Crippen molar-refractivity contribution in [3.05, 3.63) is 28.2 Å². The van der Waals surface area contributed by atoms with E-state index in [1.807, 2.05) is 6.92 Å². The van der Waals surface area contributed by atoms with Crippen molar-refractivity contribution in [1.82, 2.24) is 14.9 Å². The summed E-state index contributed by atoms with van der Waals surface area (Å²) in [6.07, 6.45) is 0.523. The van der Waals surface area contributed by atoms with Crippen LogP contribution in [-0.2, 0) is 17.8 Å². The molecule has 1 heterocycles. The molecular weight excluding hydrogens is 349 g/mol. The molecular formula is C13H14BrClFN3O. The molecule has 2 aromatic rings. The van der Waals surface area contributed by atoms with Crippen molar-refractivity contribution in [1.29, 1.82) is 0 Å². The Morgan fingerprint density at radius 2 is 2.30 bits per heavy atom. The van der Waals surface area contributed by atoms with Crippen molar-refractivity contribution < 1.29 is 9.18 Å². The van der Waals surface area contributed by atoms with Gasteiger partial charge in [-0.1, -0.05) is 0 Å². The quantitative estimate of drug-likeness (QED) is 0.832. The molecule has 0 saturated carbocycles. The van der Waals surface area contributed by atoms with E-state index in [0.717, 1.165) is 0 Å². The van der Waals surface area contributed by atoms with E-state index in [0.29, 0.717) is 40.2 Å². The van der Waals surface area contributed by atoms with Crippen molar-refractivity contribution in [2.45, 2.75) is 19.9 Å². The van der Waals surface area contributed by atoms with Crippen LogP contribution in [0.15, 0.2) is 16.6 Å². The summed E-state index contributed by atoms with van der Waals surface area (Å²) in [5.74, 6) is 0.585. The molecule has 0 aliphatic rings. The first-order valence-electron chi connectivity index (χ1n) is 6.23. The number of imidazole rings is 1. The Morgan fingerprint density at radius 3 is 2.95 bits per heavy atom. The molecule has 108 valence electrons. The molecule has 0 unspecified atom stereocenters. The minimum absolute atomic E-state index is 0.108. The van der Waals surface area contributed by atoms with Crippen molar-refractivity contribution in [2.24, 2.45) is 0 Å². The van der Waals surface area contributed by atoms with Crippen LogP contribution in [0.4, 0.5) is 4.39 Å². The van der Waals surface area contributed by atoms with Gasteiger partial charge in [0.05, 0.1) is 15.5 Å². The fraction of sp³-hybridized carbons (Fsp3) is 0.385. The summed E-state index contributed by atoms with van der Waals surface area (Å²) >= 11 is 8.91. The van der Waals surface area contributed by atoms with E-state index in [-0.39, 0.29) is 18.3 Å². The molecule has 1 amide bonds. The molecule has 0 saturated heterocycles. The van der Waals surface area contributed by atoms with E-state index < -0.39 is 0 Å². The number of nitrogens with zero attached hydrogens (tertiary/aromatic N) is 2. The number of aromatic nitrogens is 2. The number of carbonyl (C=O) groups excluding carboxylic acids is 1. The molecule has 0 atom stereocenters. The van der Waals surface area contributed by atoms with Crippen LogP contribution in [-0.4, -0.2) is 27.9 Å². The number of hydrogen-bond donors (Lipinski definition) is 1. The van der Waals surface area contributed by atoms with Crippen LogP contribution in [0.5, 0.6) is 0 Å². The molecule has 0 bridgehead atoms. The normalized spacial score (nSPS) is 11.0. The molecule has 1 aromatic carbocycles. The van der Waals surface area contributed by atoms with Crippen molar-refractivity contribution in [3.8, 4) is 0 Å². The summed E-state index contributed by atoms with van der Waals surface area (Å²) in [7, 11) is 0. The van der Waals surface area contributed by atoms with Gasteiger partial charge in [0.25, 0.3) is 0 Å². The predicted molar refractivity (Wildman–Crippen MR) is 80.5 cm³/mol. The molecule has 0 aliphatic carbocycles. The number of amides is 1. The average molecular weight is 363 g/mol. The molecule has 20 heavy (non-hydrogen) atoms. The predicted octanol–water partition coefficient (Wildman–Crippen LogP) is 2.86. The van der Waals surface area contributed by atoms with E-state index in [4.69, 9.17) is 11.6 Å². The Morgan fingerprint density at radius 1 is 1.55 bits per heavy atom. The monoisotopic (exact) mass is 361 g/mol. The number of hydrogen-bond acceptors (Lipinski definition) is 2. The average Bonchev–Trinajstić information content (AvgIpc) is 2.69. The van der Waals surface area contributed by atoms with Gasteiger partial charge in [0.1, 0.15) is 18.2 Å². The summed E-state index contributed by atoms with van der Waals surface area (Å²) in [5.41, 5.74) is 1.24. The first-order valence-corrected chi connectivity index (χ1v) is 7.56. The minimum Gasteiger partial charge on any atom is -0.355 e. The van der Waals surface area contributed by atoms with Gasteiger partial charge in [0.2, 0.25) is 5.91 Å². The number of alkyl halides is 1. The molecule has 2 rings (SSSR count). The van der Waals surface area contributed by atoms with E-state index in [2.05, 4.69) is 26.2 Å². The van der Waals surface area contributed by atoms with E-state index in [1.165, 1.54) is 6.07 Å². The van der Waals surface area contributed by atoms with Crippen LogP contribution in [0.1, 0.15) is 12.7 Å². The topological polar surface area (TPSA) is 46.9 Å². The summed E-state index contributed by atoms with van der Waals surface area (Å²) in [6.45, 7) is 2.57. The number of fused-ring (bicyclic) bond motifs is 1. The maximum absolute atomic E-state index is 13.6. The summed E-state index contributed by atoms with van der Waals surface area (Å²) < 4.78 is 15.7. The largest absolute Gasteiger partial charge is 0.355 e. The lowest BCUT2D eigenvalue weighted by atomic mass is 10.3. The standard InChI is InChI=1S/C13H14BrClFN3O/c1-2-17-13(20)7-19-11-5-8(14)9(16)6-10(11)18-12(19)3-4-15/h5-6H,2-4,7H2,1H3,(H,17,20). The van der Waals surface area contributed by atoms with Crippen LogP contribution >= 0.6 is 27.5 Å². The highest BCUT2D eigenvalue weighted by Crippen LogP contribution is 2.24. The highest BCUT2D eigenvalue weighted by atomic mass is 79.9. The lowest BCUT2D eigenvalue weighted by Gasteiger charge is -2.08. The number of benzene rings is 1. The smallest absolute Gasteiger partial charge is 0.239 e. The first-order chi connectivity index (χ1) is 9.56. The molecule has 7 heteroatoms. The number of rotatable bonds is 5. The number of carbonyl (C=O) groups is 1. The van der Waals surface area contributed by atoms with Gasteiger partial charge in [0.15, 0.2) is 0 Å². The first kappa shape index (κ1) is 15.3. The zero-order valence-corrected chi connectivity index (χ0v) is 13.3. The lowest BCUT2D eigenvalue weighted by molar-refractivity contribution is -0.121. The van der Waals surface area contributed by atoms with Gasteiger partial charge in [-0.2, -0.15) is 0 Å². The summed E-state index contributed by atoms with van der Waals surface area (Å²) in [5, 5.41) is 2.74. The Hall–Kier alpha value is -1.14. The molecule has 0 radical (unpaired) electrons. The number of aryl methyl sites for hydroxylation is 1. The zero-order chi connectivity index (χ0) is 14.7. The molecule has 4 nitrogen and oxygen atoms in total. The molecule has 0 fully saturated rings. The second-order valence-corrected chi connectivity index (χ2v) is 5.49. The Kier molecular flexibility index (Phi) is 4.99. The van der Waals surface area contributed by atoms with Gasteiger partial charge in [-0.25, -0.2) is 9.37 Å². The third-order valence-electron chi connectivity index (χ3n) is 2.86. The molecule has 0 aliphatic heterocycles. The Labute approximate surface area is 129 Å². The van der Waals surface area contributed by atoms with Crippen LogP contribution in [0.25, 0.3) is 11.0 Å². The number of halogens is 3. The van der Waals surface area contributed by atoms with Crippen LogP contribution in [0, 0.1) is 5.82 Å².